The second kappa shape index (κ2) is 9.16. The van der Waals surface area contributed by atoms with Crippen LogP contribution in [0.1, 0.15) is 68.0 Å². The van der Waals surface area contributed by atoms with Crippen molar-refractivity contribution in [3.8, 4) is 5.75 Å². The molecule has 4 aliphatic rings. The molecule has 2 aromatic carbocycles. The fourth-order valence-electron chi connectivity index (χ4n) is 7.28. The van der Waals surface area contributed by atoms with Crippen LogP contribution in [0, 0.1) is 29.6 Å². The van der Waals surface area contributed by atoms with Gasteiger partial charge in [-0.2, -0.15) is 8.78 Å². The third kappa shape index (κ3) is 4.16. The summed E-state index contributed by atoms with van der Waals surface area (Å²) in [7, 11) is 0. The van der Waals surface area contributed by atoms with E-state index in [1.165, 1.54) is 68.5 Å². The van der Waals surface area contributed by atoms with Crippen molar-refractivity contribution < 1.29 is 33.0 Å². The lowest BCUT2D eigenvalue weighted by Crippen LogP contribution is -2.63. The number of hydrogen-bond acceptors (Lipinski definition) is 4. The highest BCUT2D eigenvalue weighted by molar-refractivity contribution is 5.90. The van der Waals surface area contributed by atoms with E-state index in [2.05, 4.69) is 13.8 Å². The Labute approximate surface area is 209 Å². The molecule has 192 valence electrons. The second-order valence-corrected chi connectivity index (χ2v) is 11.1. The Bertz CT molecular complexity index is 1080. The van der Waals surface area contributed by atoms with Crippen LogP contribution in [0.4, 0.5) is 8.78 Å². The number of carbonyl (C=O) groups is 2. The zero-order valence-electron chi connectivity index (χ0n) is 20.5. The molecule has 1 atom stereocenters. The summed E-state index contributed by atoms with van der Waals surface area (Å²) in [5.74, 6) is -4.05. The Morgan fingerprint density at radius 1 is 0.917 bits per heavy atom. The lowest BCUT2D eigenvalue weighted by atomic mass is 9.47. The van der Waals surface area contributed by atoms with Crippen molar-refractivity contribution in [1.82, 2.24) is 0 Å². The SMILES string of the molecule is CC(C)C1(Oc2ccc(C(=O)OC(c3ccccc3)C(F)(F)C(=O)O)cc2)C2CC3CC(C2)CC1C3. The smallest absolute Gasteiger partial charge is 0.382 e. The zero-order valence-corrected chi connectivity index (χ0v) is 20.5. The van der Waals surface area contributed by atoms with E-state index in [1.54, 1.807) is 18.2 Å². The monoisotopic (exact) mass is 498 g/mol. The number of carboxylic acid groups (broad SMARTS) is 1. The number of carboxylic acids is 1. The van der Waals surface area contributed by atoms with Crippen LogP contribution in [0.3, 0.4) is 0 Å². The van der Waals surface area contributed by atoms with Crippen LogP contribution in [-0.4, -0.2) is 28.6 Å². The average Bonchev–Trinajstić information content (AvgIpc) is 2.84. The summed E-state index contributed by atoms with van der Waals surface area (Å²) in [6.45, 7) is 4.45. The normalized spacial score (nSPS) is 29.7. The molecule has 7 heteroatoms. The summed E-state index contributed by atoms with van der Waals surface area (Å²) in [5, 5.41) is 9.05. The van der Waals surface area contributed by atoms with Crippen LogP contribution in [0.5, 0.6) is 5.75 Å². The maximum atomic E-state index is 14.5. The molecule has 5 nitrogen and oxygen atoms in total. The molecule has 0 amide bonds. The number of ether oxygens (including phenoxy) is 2. The molecule has 4 saturated carbocycles. The van der Waals surface area contributed by atoms with E-state index in [4.69, 9.17) is 14.6 Å². The Hall–Kier alpha value is -2.96. The van der Waals surface area contributed by atoms with Crippen LogP contribution in [-0.2, 0) is 9.53 Å². The van der Waals surface area contributed by atoms with Gasteiger partial charge in [-0.05, 0) is 91.5 Å². The minimum absolute atomic E-state index is 0.0492. The van der Waals surface area contributed by atoms with Gasteiger partial charge in [0.15, 0.2) is 0 Å². The first-order valence-corrected chi connectivity index (χ1v) is 12.8. The van der Waals surface area contributed by atoms with Gasteiger partial charge in [0.05, 0.1) is 5.56 Å². The van der Waals surface area contributed by atoms with Crippen molar-refractivity contribution >= 4 is 11.9 Å². The van der Waals surface area contributed by atoms with E-state index in [-0.39, 0.29) is 16.7 Å². The highest BCUT2D eigenvalue weighted by Gasteiger charge is 2.60. The van der Waals surface area contributed by atoms with Crippen LogP contribution >= 0.6 is 0 Å². The molecule has 36 heavy (non-hydrogen) atoms. The molecular weight excluding hydrogens is 466 g/mol. The predicted octanol–water partition coefficient (Wildman–Crippen LogP) is 6.53. The van der Waals surface area contributed by atoms with E-state index in [0.717, 1.165) is 11.8 Å². The third-order valence-electron chi connectivity index (χ3n) is 8.64. The number of halogens is 2. The molecule has 4 bridgehead atoms. The zero-order chi connectivity index (χ0) is 25.7. The molecular formula is C29H32F2O5. The van der Waals surface area contributed by atoms with Crippen molar-refractivity contribution in [3.63, 3.8) is 0 Å². The van der Waals surface area contributed by atoms with Gasteiger partial charge < -0.3 is 14.6 Å². The lowest BCUT2D eigenvalue weighted by molar-refractivity contribution is -0.183. The van der Waals surface area contributed by atoms with Gasteiger partial charge in [-0.3, -0.25) is 0 Å². The van der Waals surface area contributed by atoms with Crippen molar-refractivity contribution in [2.45, 2.75) is 63.6 Å². The number of carbonyl (C=O) groups excluding carboxylic acids is 1. The van der Waals surface area contributed by atoms with Crippen LogP contribution in [0.25, 0.3) is 0 Å². The molecule has 4 aliphatic carbocycles. The van der Waals surface area contributed by atoms with Gasteiger partial charge >= 0.3 is 17.9 Å². The highest BCUT2D eigenvalue weighted by atomic mass is 19.3. The van der Waals surface area contributed by atoms with Gasteiger partial charge in [-0.25, -0.2) is 9.59 Å². The number of aliphatic carboxylic acids is 1. The Balaban J connectivity index is 1.35. The number of benzene rings is 2. The van der Waals surface area contributed by atoms with Gasteiger partial charge in [0.2, 0.25) is 6.10 Å². The van der Waals surface area contributed by atoms with Crippen molar-refractivity contribution in [3.05, 3.63) is 65.7 Å². The van der Waals surface area contributed by atoms with Gasteiger partial charge in [-0.1, -0.05) is 44.2 Å². The number of alkyl halides is 2. The fourth-order valence-corrected chi connectivity index (χ4v) is 7.28. The number of esters is 1. The Morgan fingerprint density at radius 2 is 1.47 bits per heavy atom. The summed E-state index contributed by atoms with van der Waals surface area (Å²) in [5.41, 5.74) is -0.288. The molecule has 1 N–H and O–H groups in total. The molecule has 0 radical (unpaired) electrons. The van der Waals surface area contributed by atoms with Gasteiger partial charge in [-0.15, -0.1) is 0 Å². The Kier molecular flexibility index (Phi) is 6.29. The summed E-state index contributed by atoms with van der Waals surface area (Å²) in [6.07, 6.45) is 3.91. The van der Waals surface area contributed by atoms with Crippen LogP contribution in [0.2, 0.25) is 0 Å². The third-order valence-corrected chi connectivity index (χ3v) is 8.64. The quantitative estimate of drug-likeness (QED) is 0.419. The van der Waals surface area contributed by atoms with Crippen molar-refractivity contribution in [1.29, 1.82) is 0 Å². The molecule has 2 aromatic rings. The summed E-state index contributed by atoms with van der Waals surface area (Å²) < 4.78 is 40.7. The first-order valence-electron chi connectivity index (χ1n) is 12.8. The molecule has 0 heterocycles. The molecule has 1 unspecified atom stereocenters. The van der Waals surface area contributed by atoms with E-state index in [1.807, 2.05) is 0 Å². The van der Waals surface area contributed by atoms with Crippen molar-refractivity contribution in [2.75, 3.05) is 0 Å². The lowest BCUT2D eigenvalue weighted by Gasteiger charge is -2.62. The number of hydrogen-bond donors (Lipinski definition) is 1. The molecule has 4 fully saturated rings. The van der Waals surface area contributed by atoms with Crippen molar-refractivity contribution in [2.24, 2.45) is 29.6 Å². The van der Waals surface area contributed by atoms with Gasteiger partial charge in [0.25, 0.3) is 0 Å². The molecule has 0 saturated heterocycles. The first-order chi connectivity index (χ1) is 17.1. The van der Waals surface area contributed by atoms with Gasteiger partial charge in [0, 0.05) is 0 Å². The summed E-state index contributed by atoms with van der Waals surface area (Å²) in [6, 6.07) is 13.5. The maximum absolute atomic E-state index is 14.5. The Morgan fingerprint density at radius 3 is 1.97 bits per heavy atom. The average molecular weight is 499 g/mol. The van der Waals surface area contributed by atoms with E-state index < -0.39 is 24.0 Å². The minimum atomic E-state index is -4.29. The van der Waals surface area contributed by atoms with Crippen LogP contribution in [0.15, 0.2) is 54.6 Å². The van der Waals surface area contributed by atoms with E-state index in [9.17, 15) is 18.4 Å². The predicted molar refractivity (Wildman–Crippen MR) is 129 cm³/mol. The largest absolute Gasteiger partial charge is 0.486 e. The first kappa shape index (κ1) is 24.7. The standard InChI is InChI=1S/C29H32F2O5/c1-17(2)28(22-13-18-12-19(15-22)16-23(28)14-18)36-24-10-8-21(9-11-24)26(32)35-25(29(30,31)27(33)34)20-6-4-3-5-7-20/h3-11,17-19,22-23,25H,12-16H2,1-2H3,(H,33,34). The molecule has 6 rings (SSSR count). The summed E-state index contributed by atoms with van der Waals surface area (Å²) >= 11 is 0. The maximum Gasteiger partial charge on any atom is 0.382 e. The fraction of sp³-hybridized carbons (Fsp3) is 0.517. The minimum Gasteiger partial charge on any atom is -0.486 e. The molecule has 0 aliphatic heterocycles. The summed E-state index contributed by atoms with van der Waals surface area (Å²) in [4.78, 5) is 24.0. The second-order valence-electron chi connectivity index (χ2n) is 11.1. The molecule has 0 spiro atoms. The van der Waals surface area contributed by atoms with E-state index in [0.29, 0.717) is 23.5 Å². The topological polar surface area (TPSA) is 72.8 Å². The van der Waals surface area contributed by atoms with Gasteiger partial charge in [0.1, 0.15) is 11.4 Å². The highest BCUT2D eigenvalue weighted by Crippen LogP contribution is 2.61. The van der Waals surface area contributed by atoms with E-state index >= 15 is 0 Å². The number of rotatable bonds is 8. The molecule has 0 aromatic heterocycles. The van der Waals surface area contributed by atoms with Crippen LogP contribution < -0.4 is 4.74 Å².